The van der Waals surface area contributed by atoms with Gasteiger partial charge in [0.25, 0.3) is 0 Å². The molecule has 4 heteroatoms. The van der Waals surface area contributed by atoms with E-state index in [-0.39, 0.29) is 11.5 Å². The Bertz CT molecular complexity index is 388. The minimum Gasteiger partial charge on any atom is -0.481 e. The maximum atomic E-state index is 13.5. The van der Waals surface area contributed by atoms with E-state index in [4.69, 9.17) is 9.84 Å². The predicted molar refractivity (Wildman–Crippen MR) is 55.7 cm³/mol. The van der Waals surface area contributed by atoms with Crippen LogP contribution in [-0.2, 0) is 9.53 Å². The molecule has 0 saturated carbocycles. The minimum absolute atomic E-state index is 0.237. The van der Waals surface area contributed by atoms with E-state index in [1.165, 1.54) is 12.1 Å². The van der Waals surface area contributed by atoms with Crippen molar-refractivity contribution in [2.24, 2.45) is 5.92 Å². The van der Waals surface area contributed by atoms with E-state index in [1.807, 2.05) is 0 Å². The second kappa shape index (κ2) is 4.61. The number of hydrogen-bond donors (Lipinski definition) is 1. The van der Waals surface area contributed by atoms with Gasteiger partial charge in [-0.2, -0.15) is 0 Å². The lowest BCUT2D eigenvalue weighted by atomic mass is 9.87. The standard InChI is InChI=1S/C12H13FO3/c13-11-4-2-1-3-9(11)10(12(14)15)5-8-6-16-7-8/h1-4,8,10H,5-7H2,(H,14,15). The van der Waals surface area contributed by atoms with Gasteiger partial charge < -0.3 is 9.84 Å². The number of benzene rings is 1. The van der Waals surface area contributed by atoms with Gasteiger partial charge in [0.05, 0.1) is 19.1 Å². The minimum atomic E-state index is -0.975. The SMILES string of the molecule is O=C(O)C(CC1COC1)c1ccccc1F. The molecule has 0 amide bonds. The molecule has 1 N–H and O–H groups in total. The van der Waals surface area contributed by atoms with Crippen LogP contribution in [0.2, 0.25) is 0 Å². The van der Waals surface area contributed by atoms with Crippen LogP contribution < -0.4 is 0 Å². The highest BCUT2D eigenvalue weighted by atomic mass is 19.1. The Balaban J connectivity index is 2.18. The van der Waals surface area contributed by atoms with Gasteiger partial charge >= 0.3 is 5.97 Å². The van der Waals surface area contributed by atoms with Gasteiger partial charge in [-0.15, -0.1) is 0 Å². The Hall–Kier alpha value is -1.42. The van der Waals surface area contributed by atoms with E-state index >= 15 is 0 Å². The molecule has 16 heavy (non-hydrogen) atoms. The Labute approximate surface area is 92.9 Å². The molecule has 2 rings (SSSR count). The first-order chi connectivity index (χ1) is 7.68. The fraction of sp³-hybridized carbons (Fsp3) is 0.417. The topological polar surface area (TPSA) is 46.5 Å². The van der Waals surface area contributed by atoms with Crippen LogP contribution in [0.5, 0.6) is 0 Å². The zero-order valence-electron chi connectivity index (χ0n) is 8.73. The van der Waals surface area contributed by atoms with Crippen LogP contribution in [0.15, 0.2) is 24.3 Å². The molecule has 1 unspecified atom stereocenters. The summed E-state index contributed by atoms with van der Waals surface area (Å²) in [7, 11) is 0. The van der Waals surface area contributed by atoms with Crippen LogP contribution in [-0.4, -0.2) is 24.3 Å². The van der Waals surface area contributed by atoms with Gasteiger partial charge in [0.15, 0.2) is 0 Å². The van der Waals surface area contributed by atoms with Crippen molar-refractivity contribution in [1.29, 1.82) is 0 Å². The van der Waals surface area contributed by atoms with Gasteiger partial charge in [-0.05, 0) is 12.5 Å². The first-order valence-corrected chi connectivity index (χ1v) is 5.23. The van der Waals surface area contributed by atoms with Crippen molar-refractivity contribution in [3.63, 3.8) is 0 Å². The maximum absolute atomic E-state index is 13.5. The number of aliphatic carboxylic acids is 1. The number of halogens is 1. The van der Waals surface area contributed by atoms with E-state index in [9.17, 15) is 9.18 Å². The number of carbonyl (C=O) groups is 1. The zero-order chi connectivity index (χ0) is 11.5. The monoisotopic (exact) mass is 224 g/mol. The Morgan fingerprint density at radius 1 is 1.50 bits per heavy atom. The highest BCUT2D eigenvalue weighted by Gasteiger charge is 2.29. The van der Waals surface area contributed by atoms with Crippen LogP contribution in [0.3, 0.4) is 0 Å². The molecule has 86 valence electrons. The molecule has 0 spiro atoms. The van der Waals surface area contributed by atoms with Gasteiger partial charge in [0.2, 0.25) is 0 Å². The molecule has 1 saturated heterocycles. The summed E-state index contributed by atoms with van der Waals surface area (Å²) >= 11 is 0. The van der Waals surface area contributed by atoms with Crippen LogP contribution in [0.25, 0.3) is 0 Å². The normalized spacial score (nSPS) is 17.8. The van der Waals surface area contributed by atoms with Crippen molar-refractivity contribution in [3.8, 4) is 0 Å². The van der Waals surface area contributed by atoms with E-state index in [2.05, 4.69) is 0 Å². The second-order valence-electron chi connectivity index (χ2n) is 4.05. The molecule has 1 aliphatic rings. The van der Waals surface area contributed by atoms with Crippen molar-refractivity contribution in [3.05, 3.63) is 35.6 Å². The summed E-state index contributed by atoms with van der Waals surface area (Å²) in [4.78, 5) is 11.1. The molecule has 1 aromatic carbocycles. The number of carboxylic acids is 1. The van der Waals surface area contributed by atoms with Crippen LogP contribution in [0.1, 0.15) is 17.9 Å². The lowest BCUT2D eigenvalue weighted by Gasteiger charge is -2.28. The molecule has 3 nitrogen and oxygen atoms in total. The third-order valence-corrected chi connectivity index (χ3v) is 2.85. The van der Waals surface area contributed by atoms with E-state index < -0.39 is 17.7 Å². The number of hydrogen-bond acceptors (Lipinski definition) is 2. The highest BCUT2D eigenvalue weighted by molar-refractivity contribution is 5.76. The largest absolute Gasteiger partial charge is 0.481 e. The molecule has 1 fully saturated rings. The Morgan fingerprint density at radius 2 is 2.19 bits per heavy atom. The lowest BCUT2D eigenvalue weighted by Crippen LogP contribution is -2.31. The molecule has 1 aromatic rings. The fourth-order valence-electron chi connectivity index (χ4n) is 1.87. The Morgan fingerprint density at radius 3 is 2.69 bits per heavy atom. The van der Waals surface area contributed by atoms with Crippen molar-refractivity contribution in [2.75, 3.05) is 13.2 Å². The van der Waals surface area contributed by atoms with Gasteiger partial charge in [-0.1, -0.05) is 18.2 Å². The number of ether oxygens (including phenoxy) is 1. The lowest BCUT2D eigenvalue weighted by molar-refractivity contribution is -0.140. The van der Waals surface area contributed by atoms with Crippen molar-refractivity contribution >= 4 is 5.97 Å². The van der Waals surface area contributed by atoms with E-state index in [1.54, 1.807) is 12.1 Å². The van der Waals surface area contributed by atoms with Crippen molar-refractivity contribution in [1.82, 2.24) is 0 Å². The molecule has 1 aliphatic heterocycles. The molecule has 0 radical (unpaired) electrons. The molecular formula is C12H13FO3. The first-order valence-electron chi connectivity index (χ1n) is 5.23. The summed E-state index contributed by atoms with van der Waals surface area (Å²) < 4.78 is 18.5. The summed E-state index contributed by atoms with van der Waals surface area (Å²) in [6, 6.07) is 6.05. The van der Waals surface area contributed by atoms with Crippen LogP contribution in [0, 0.1) is 11.7 Å². The molecule has 1 heterocycles. The number of carboxylic acid groups (broad SMARTS) is 1. The van der Waals surface area contributed by atoms with E-state index in [0.717, 1.165) is 0 Å². The first kappa shape index (κ1) is 11.1. The number of rotatable bonds is 4. The molecule has 0 bridgehead atoms. The average Bonchev–Trinajstić information content (AvgIpc) is 2.18. The van der Waals surface area contributed by atoms with Gasteiger partial charge in [-0.25, -0.2) is 4.39 Å². The highest BCUT2D eigenvalue weighted by Crippen LogP contribution is 2.29. The van der Waals surface area contributed by atoms with Crippen LogP contribution in [0.4, 0.5) is 4.39 Å². The summed E-state index contributed by atoms with van der Waals surface area (Å²) in [5.74, 6) is -1.96. The smallest absolute Gasteiger partial charge is 0.311 e. The summed E-state index contributed by atoms with van der Waals surface area (Å²) in [5.41, 5.74) is 0.266. The third kappa shape index (κ3) is 2.22. The van der Waals surface area contributed by atoms with Crippen molar-refractivity contribution in [2.45, 2.75) is 12.3 Å². The van der Waals surface area contributed by atoms with Crippen LogP contribution >= 0.6 is 0 Å². The maximum Gasteiger partial charge on any atom is 0.311 e. The van der Waals surface area contributed by atoms with Gasteiger partial charge in [0, 0.05) is 11.5 Å². The molecule has 0 aliphatic carbocycles. The molecule has 0 aromatic heterocycles. The molecule has 1 atom stereocenters. The zero-order valence-corrected chi connectivity index (χ0v) is 8.73. The average molecular weight is 224 g/mol. The second-order valence-corrected chi connectivity index (χ2v) is 4.05. The van der Waals surface area contributed by atoms with Gasteiger partial charge in [0.1, 0.15) is 5.82 Å². The predicted octanol–water partition coefficient (Wildman–Crippen LogP) is 2.03. The summed E-state index contributed by atoms with van der Waals surface area (Å²) in [6.45, 7) is 1.16. The molecular weight excluding hydrogens is 211 g/mol. The quantitative estimate of drug-likeness (QED) is 0.851. The summed E-state index contributed by atoms with van der Waals surface area (Å²) in [5, 5.41) is 9.11. The fourth-order valence-corrected chi connectivity index (χ4v) is 1.87. The Kier molecular flexibility index (Phi) is 3.19. The van der Waals surface area contributed by atoms with Gasteiger partial charge in [-0.3, -0.25) is 4.79 Å². The van der Waals surface area contributed by atoms with Crippen molar-refractivity contribution < 1.29 is 19.0 Å². The summed E-state index contributed by atoms with van der Waals surface area (Å²) in [6.07, 6.45) is 0.441. The third-order valence-electron chi connectivity index (χ3n) is 2.85. The van der Waals surface area contributed by atoms with E-state index in [0.29, 0.717) is 19.6 Å².